The van der Waals surface area contributed by atoms with Crippen LogP contribution < -0.4 is 5.46 Å². The van der Waals surface area contributed by atoms with Gasteiger partial charge in [0.2, 0.25) is 0 Å². The lowest BCUT2D eigenvalue weighted by molar-refractivity contribution is -0.0394. The predicted molar refractivity (Wildman–Crippen MR) is 49.8 cm³/mol. The lowest BCUT2D eigenvalue weighted by atomic mass is 9.83. The monoisotopic (exact) mass is 219 g/mol. The number of hydrogen-bond donors (Lipinski definition) is 0. The molecular weight excluding hydrogens is 208 g/mol. The molecule has 0 amide bonds. The van der Waals surface area contributed by atoms with E-state index in [4.69, 9.17) is 4.74 Å². The largest absolute Gasteiger partial charge is 0.512 e. The molecule has 2 heterocycles. The van der Waals surface area contributed by atoms with Crippen LogP contribution in [0.2, 0.25) is 0 Å². The van der Waals surface area contributed by atoms with E-state index in [-0.39, 0.29) is 6.23 Å². The number of nitrogens with zero attached hydrogens (tertiary/aromatic N) is 2. The van der Waals surface area contributed by atoms with Crippen molar-refractivity contribution in [3.63, 3.8) is 0 Å². The van der Waals surface area contributed by atoms with E-state index < -0.39 is 12.4 Å². The summed E-state index contributed by atoms with van der Waals surface area (Å²) in [5, 5.41) is 3.69. The van der Waals surface area contributed by atoms with E-state index in [1.165, 1.54) is 4.68 Å². The summed E-state index contributed by atoms with van der Waals surface area (Å²) in [6.45, 7) is -4.36. The Hall–Kier alpha value is -0.975. The zero-order valence-corrected chi connectivity index (χ0v) is 8.07. The van der Waals surface area contributed by atoms with E-state index in [0.29, 0.717) is 6.61 Å². The molecule has 2 rings (SSSR count). The molecule has 3 nitrogen and oxygen atoms in total. The summed E-state index contributed by atoms with van der Waals surface area (Å²) in [5.74, 6) is 0. The predicted octanol–water partition coefficient (Wildman–Crippen LogP) is 1.64. The minimum atomic E-state index is -4.95. The van der Waals surface area contributed by atoms with Gasteiger partial charge in [-0.15, -0.1) is 0 Å². The maximum atomic E-state index is 12.3. The number of ether oxygens (including phenoxy) is 1. The molecule has 0 aliphatic carbocycles. The highest BCUT2D eigenvalue weighted by Crippen LogP contribution is 2.21. The fraction of sp³-hybridized carbons (Fsp3) is 0.625. The fourth-order valence-corrected chi connectivity index (χ4v) is 1.61. The Morgan fingerprint density at radius 2 is 2.20 bits per heavy atom. The Morgan fingerprint density at radius 1 is 1.40 bits per heavy atom. The van der Waals surface area contributed by atoms with E-state index >= 15 is 0 Å². The normalized spacial score (nSPS) is 23.0. The smallest absolute Gasteiger partial charge is 0.445 e. The minimum absolute atomic E-state index is 0.328. The van der Waals surface area contributed by atoms with Gasteiger partial charge >= 0.3 is 6.98 Å². The molecule has 1 atom stereocenters. The van der Waals surface area contributed by atoms with Crippen molar-refractivity contribution in [2.24, 2.45) is 0 Å². The molecular formula is C8H11BF3N2O-. The van der Waals surface area contributed by atoms with Gasteiger partial charge < -0.3 is 17.7 Å². The number of hydrogen-bond acceptors (Lipinski definition) is 2. The topological polar surface area (TPSA) is 27.1 Å². The Labute approximate surface area is 85.3 Å². The number of aromatic nitrogens is 2. The molecule has 1 aliphatic heterocycles. The van der Waals surface area contributed by atoms with Crippen molar-refractivity contribution in [1.82, 2.24) is 9.78 Å². The lowest BCUT2D eigenvalue weighted by Crippen LogP contribution is -2.33. The standard InChI is InChI=1S/C8H11BF3N2O/c10-9(11,12)7-5-13-14(6-7)8-3-1-2-4-15-8/h5-6,8H,1-4H2/q-1. The van der Waals surface area contributed by atoms with E-state index in [0.717, 1.165) is 31.7 Å². The van der Waals surface area contributed by atoms with Gasteiger partial charge in [-0.25, -0.2) is 4.68 Å². The Bertz CT molecular complexity index is 333. The first-order chi connectivity index (χ1) is 7.07. The summed E-state index contributed by atoms with van der Waals surface area (Å²) in [4.78, 5) is 0. The molecule has 0 radical (unpaired) electrons. The van der Waals surface area contributed by atoms with Crippen molar-refractivity contribution in [3.05, 3.63) is 12.4 Å². The summed E-state index contributed by atoms with van der Waals surface area (Å²) < 4.78 is 43.6. The summed E-state index contributed by atoms with van der Waals surface area (Å²) in [6.07, 6.45) is 4.22. The van der Waals surface area contributed by atoms with Crippen molar-refractivity contribution in [2.75, 3.05) is 6.61 Å². The Balaban J connectivity index is 2.12. The van der Waals surface area contributed by atoms with Crippen LogP contribution >= 0.6 is 0 Å². The molecule has 1 aromatic heterocycles. The molecule has 1 unspecified atom stereocenters. The third-order valence-corrected chi connectivity index (χ3v) is 2.45. The molecule has 0 aromatic carbocycles. The van der Waals surface area contributed by atoms with Gasteiger partial charge in [0.05, 0.1) is 0 Å². The highest BCUT2D eigenvalue weighted by Gasteiger charge is 2.28. The second kappa shape index (κ2) is 3.88. The lowest BCUT2D eigenvalue weighted by Gasteiger charge is -2.22. The van der Waals surface area contributed by atoms with Crippen LogP contribution in [0.3, 0.4) is 0 Å². The first-order valence-electron chi connectivity index (χ1n) is 4.93. The van der Waals surface area contributed by atoms with Crippen molar-refractivity contribution < 1.29 is 17.7 Å². The first-order valence-corrected chi connectivity index (χ1v) is 4.93. The van der Waals surface area contributed by atoms with Crippen LogP contribution in [0.4, 0.5) is 12.9 Å². The SMILES string of the molecule is F[B-](F)(F)c1cnn(C2CCCCO2)c1. The average molecular weight is 219 g/mol. The molecule has 0 saturated carbocycles. The zero-order valence-electron chi connectivity index (χ0n) is 8.07. The fourth-order valence-electron chi connectivity index (χ4n) is 1.61. The van der Waals surface area contributed by atoms with Gasteiger partial charge in [0.15, 0.2) is 0 Å². The zero-order chi connectivity index (χ0) is 10.9. The van der Waals surface area contributed by atoms with Crippen LogP contribution in [0.1, 0.15) is 25.5 Å². The van der Waals surface area contributed by atoms with Crippen LogP contribution in [0.25, 0.3) is 0 Å². The van der Waals surface area contributed by atoms with Gasteiger partial charge in [0, 0.05) is 19.0 Å². The highest BCUT2D eigenvalue weighted by atomic mass is 19.4. The third-order valence-electron chi connectivity index (χ3n) is 2.45. The van der Waals surface area contributed by atoms with Gasteiger partial charge in [-0.2, -0.15) is 5.10 Å². The van der Waals surface area contributed by atoms with Crippen LogP contribution in [0, 0.1) is 0 Å². The summed E-state index contributed by atoms with van der Waals surface area (Å²) in [6, 6.07) is 0. The molecule has 0 bridgehead atoms. The van der Waals surface area contributed by atoms with Crippen LogP contribution in [0.5, 0.6) is 0 Å². The molecule has 84 valence electrons. The molecule has 15 heavy (non-hydrogen) atoms. The van der Waals surface area contributed by atoms with Gasteiger partial charge in [-0.3, -0.25) is 0 Å². The Morgan fingerprint density at radius 3 is 2.73 bits per heavy atom. The summed E-state index contributed by atoms with van der Waals surface area (Å²) in [5.41, 5.74) is -0.663. The average Bonchev–Trinajstić information content (AvgIpc) is 2.67. The van der Waals surface area contributed by atoms with Gasteiger partial charge in [-0.05, 0) is 19.3 Å². The van der Waals surface area contributed by atoms with Crippen molar-refractivity contribution in [2.45, 2.75) is 25.5 Å². The van der Waals surface area contributed by atoms with E-state index in [1.54, 1.807) is 0 Å². The van der Waals surface area contributed by atoms with E-state index in [9.17, 15) is 12.9 Å². The van der Waals surface area contributed by atoms with E-state index in [1.807, 2.05) is 0 Å². The molecule has 1 saturated heterocycles. The molecule has 1 fully saturated rings. The van der Waals surface area contributed by atoms with Crippen molar-refractivity contribution in [1.29, 1.82) is 0 Å². The van der Waals surface area contributed by atoms with Crippen molar-refractivity contribution >= 4 is 12.4 Å². The minimum Gasteiger partial charge on any atom is -0.445 e. The molecule has 0 spiro atoms. The van der Waals surface area contributed by atoms with E-state index in [2.05, 4.69) is 5.10 Å². The maximum Gasteiger partial charge on any atom is 0.512 e. The second-order valence-corrected chi connectivity index (χ2v) is 3.65. The number of rotatable bonds is 2. The third kappa shape index (κ3) is 2.34. The van der Waals surface area contributed by atoms with Gasteiger partial charge in [0.1, 0.15) is 6.23 Å². The molecule has 1 aliphatic rings. The first kappa shape index (κ1) is 10.5. The van der Waals surface area contributed by atoms with Gasteiger partial charge in [0.25, 0.3) is 0 Å². The van der Waals surface area contributed by atoms with Crippen LogP contribution in [0.15, 0.2) is 12.4 Å². The van der Waals surface area contributed by atoms with Crippen LogP contribution in [-0.4, -0.2) is 23.4 Å². The number of halogens is 3. The quantitative estimate of drug-likeness (QED) is 0.707. The molecule has 0 N–H and O–H groups in total. The van der Waals surface area contributed by atoms with Gasteiger partial charge in [-0.1, -0.05) is 5.46 Å². The molecule has 1 aromatic rings. The second-order valence-electron chi connectivity index (χ2n) is 3.65. The highest BCUT2D eigenvalue weighted by molar-refractivity contribution is 6.73. The Kier molecular flexibility index (Phi) is 2.73. The van der Waals surface area contributed by atoms with Crippen LogP contribution in [-0.2, 0) is 4.74 Å². The summed E-state index contributed by atoms with van der Waals surface area (Å²) >= 11 is 0. The summed E-state index contributed by atoms with van der Waals surface area (Å²) in [7, 11) is 0. The molecule has 7 heteroatoms. The maximum absolute atomic E-state index is 12.3. The van der Waals surface area contributed by atoms with Crippen molar-refractivity contribution in [3.8, 4) is 0 Å².